The molecule has 0 amide bonds. The number of hydrogen-bond donors (Lipinski definition) is 1. The van der Waals surface area contributed by atoms with Gasteiger partial charge in [0.05, 0.1) is 0 Å². The smallest absolute Gasteiger partial charge is 0.0446 e. The van der Waals surface area contributed by atoms with Crippen LogP contribution in [0.1, 0.15) is 24.0 Å². The van der Waals surface area contributed by atoms with Crippen molar-refractivity contribution in [2.45, 2.75) is 31.2 Å². The van der Waals surface area contributed by atoms with Gasteiger partial charge in [-0.1, -0.05) is 29.8 Å². The largest absolute Gasteiger partial charge is 0.326 e. The van der Waals surface area contributed by atoms with Gasteiger partial charge in [-0.25, -0.2) is 0 Å². The molecule has 2 aromatic rings. The molecule has 0 fully saturated rings. The van der Waals surface area contributed by atoms with E-state index in [0.717, 1.165) is 30.1 Å². The monoisotopic (exact) mass is 358 g/mol. The molecule has 2 nitrogen and oxygen atoms in total. The lowest BCUT2D eigenvalue weighted by molar-refractivity contribution is 0.401. The van der Waals surface area contributed by atoms with E-state index in [-0.39, 0.29) is 0 Å². The first kappa shape index (κ1) is 17.4. The van der Waals surface area contributed by atoms with E-state index in [0.29, 0.717) is 0 Å². The fourth-order valence-corrected chi connectivity index (χ4v) is 3.84. The van der Waals surface area contributed by atoms with Crippen molar-refractivity contribution in [1.82, 2.24) is 4.90 Å². The number of anilines is 1. The lowest BCUT2D eigenvalue weighted by Crippen LogP contribution is -2.28. The van der Waals surface area contributed by atoms with Gasteiger partial charge in [0.1, 0.15) is 0 Å². The van der Waals surface area contributed by atoms with E-state index in [1.165, 1.54) is 26.5 Å². The number of halogens is 1. The fraction of sp³-hybridized carbons (Fsp3) is 0.300. The first-order valence-electron chi connectivity index (χ1n) is 8.19. The number of benzene rings is 2. The molecule has 1 aliphatic carbocycles. The van der Waals surface area contributed by atoms with Crippen molar-refractivity contribution in [3.05, 3.63) is 58.0 Å². The molecule has 2 aromatic carbocycles. The lowest BCUT2D eigenvalue weighted by Gasteiger charge is -2.14. The maximum Gasteiger partial charge on any atom is 0.0446 e. The van der Waals surface area contributed by atoms with Gasteiger partial charge in [-0.05, 0) is 91.6 Å². The molecule has 0 bridgehead atoms. The highest BCUT2D eigenvalue weighted by atomic mass is 35.5. The Morgan fingerprint density at radius 3 is 2.79 bits per heavy atom. The molecule has 0 saturated carbocycles. The molecule has 0 aliphatic heterocycles. The van der Waals surface area contributed by atoms with E-state index in [2.05, 4.69) is 73.1 Å². The van der Waals surface area contributed by atoms with Gasteiger partial charge in [-0.2, -0.15) is 0 Å². The Morgan fingerprint density at radius 2 is 2.00 bits per heavy atom. The quantitative estimate of drug-likeness (QED) is 0.810. The lowest BCUT2D eigenvalue weighted by atomic mass is 10.1. The average Bonchev–Trinajstić information content (AvgIpc) is 2.55. The van der Waals surface area contributed by atoms with Crippen molar-refractivity contribution in [3.8, 4) is 0 Å². The van der Waals surface area contributed by atoms with Gasteiger partial charge < -0.3 is 9.62 Å². The summed E-state index contributed by atoms with van der Waals surface area (Å²) in [6.45, 7) is 3.11. The topological polar surface area (TPSA) is 15.3 Å². The third-order valence-corrected chi connectivity index (χ3v) is 5.39. The number of nitrogens with zero attached hydrogens (tertiary/aromatic N) is 1. The van der Waals surface area contributed by atoms with Crippen LogP contribution < -0.4 is 15.2 Å². The van der Waals surface area contributed by atoms with Gasteiger partial charge in [-0.15, -0.1) is 0 Å². The molecule has 0 spiro atoms. The molecule has 126 valence electrons. The number of aryl methyl sites for hydroxylation is 1. The third kappa shape index (κ3) is 4.15. The first-order valence-corrected chi connectivity index (χ1v) is 9.38. The van der Waals surface area contributed by atoms with Crippen molar-refractivity contribution in [2.24, 2.45) is 0 Å². The second-order valence-corrected chi connectivity index (χ2v) is 7.82. The van der Waals surface area contributed by atoms with Crippen molar-refractivity contribution < 1.29 is 0 Å². The minimum absolute atomic E-state index is 0.953. The van der Waals surface area contributed by atoms with E-state index < -0.39 is 0 Å². The number of nitrogens with one attached hydrogen (secondary N) is 1. The van der Waals surface area contributed by atoms with Crippen LogP contribution in [0, 0.1) is 6.92 Å². The molecule has 24 heavy (non-hydrogen) atoms. The predicted octanol–water partition coefficient (Wildman–Crippen LogP) is 4.10. The highest BCUT2D eigenvalue weighted by Gasteiger charge is 2.05. The fourth-order valence-electron chi connectivity index (χ4n) is 2.87. The molecular formula is C20H23ClN2S. The van der Waals surface area contributed by atoms with Crippen molar-refractivity contribution in [3.63, 3.8) is 0 Å². The van der Waals surface area contributed by atoms with Crippen LogP contribution in [0.15, 0.2) is 41.3 Å². The Hall–Kier alpha value is -1.42. The molecule has 1 N–H and O–H groups in total. The Morgan fingerprint density at radius 1 is 1.17 bits per heavy atom. The van der Waals surface area contributed by atoms with Crippen LogP contribution in [0.25, 0.3) is 11.1 Å². The van der Waals surface area contributed by atoms with E-state index >= 15 is 0 Å². The Bertz CT molecular complexity index is 858. The molecular weight excluding hydrogens is 336 g/mol. The second kappa shape index (κ2) is 7.64. The highest BCUT2D eigenvalue weighted by molar-refractivity contribution is 8.00. The molecule has 0 heterocycles. The summed E-state index contributed by atoms with van der Waals surface area (Å²) in [5, 5.41) is 3.40. The van der Waals surface area contributed by atoms with E-state index in [1.54, 1.807) is 11.9 Å². The zero-order valence-corrected chi connectivity index (χ0v) is 16.0. The summed E-state index contributed by atoms with van der Waals surface area (Å²) in [4.78, 5) is 3.39. The van der Waals surface area contributed by atoms with Crippen molar-refractivity contribution >= 4 is 40.3 Å². The Labute approximate surface area is 153 Å². The second-order valence-electron chi connectivity index (χ2n) is 6.48. The standard InChI is InChI=1S/C20H23ClN2S/c1-14-7-8-17(11-16(14)13-23(2)3)22-24-18-9-10-19-15(12-18)5-4-6-20(19)21/h5,7-12,22H,4,6,13H2,1-3H3. The van der Waals surface area contributed by atoms with Gasteiger partial charge >= 0.3 is 0 Å². The zero-order valence-electron chi connectivity index (χ0n) is 14.4. The number of rotatable bonds is 5. The summed E-state index contributed by atoms with van der Waals surface area (Å²) in [5.74, 6) is 0. The zero-order chi connectivity index (χ0) is 17.1. The summed E-state index contributed by atoms with van der Waals surface area (Å²) in [6.07, 6.45) is 4.25. The number of fused-ring (bicyclic) bond motifs is 1. The number of hydrogen-bond acceptors (Lipinski definition) is 3. The summed E-state index contributed by atoms with van der Waals surface area (Å²) in [7, 11) is 4.19. The molecule has 3 rings (SSSR count). The van der Waals surface area contributed by atoms with Gasteiger partial charge in [0.15, 0.2) is 0 Å². The summed E-state index contributed by atoms with van der Waals surface area (Å²) < 4.78 is 3.46. The molecule has 0 saturated heterocycles. The van der Waals surface area contributed by atoms with Crippen LogP contribution in [0.5, 0.6) is 0 Å². The van der Waals surface area contributed by atoms with Crippen LogP contribution in [0.4, 0.5) is 5.69 Å². The molecule has 1 aliphatic rings. The highest BCUT2D eigenvalue weighted by Crippen LogP contribution is 2.23. The molecule has 0 aromatic heterocycles. The maximum atomic E-state index is 6.32. The maximum absolute atomic E-state index is 6.32. The minimum Gasteiger partial charge on any atom is -0.326 e. The normalized spacial score (nSPS) is 13.6. The van der Waals surface area contributed by atoms with E-state index in [1.807, 2.05) is 0 Å². The van der Waals surface area contributed by atoms with Gasteiger partial charge in [0.2, 0.25) is 0 Å². The molecule has 0 unspecified atom stereocenters. The first-order chi connectivity index (χ1) is 11.5. The van der Waals surface area contributed by atoms with Gasteiger partial charge in [0, 0.05) is 22.2 Å². The van der Waals surface area contributed by atoms with Crippen LogP contribution in [0.3, 0.4) is 0 Å². The molecule has 0 atom stereocenters. The molecule has 0 radical (unpaired) electrons. The van der Waals surface area contributed by atoms with Crippen molar-refractivity contribution in [1.29, 1.82) is 0 Å². The average molecular weight is 359 g/mol. The van der Waals surface area contributed by atoms with Crippen LogP contribution >= 0.6 is 23.5 Å². The summed E-state index contributed by atoms with van der Waals surface area (Å²) in [6, 6.07) is 13.0. The van der Waals surface area contributed by atoms with Crippen LogP contribution in [-0.4, -0.2) is 19.0 Å². The summed E-state index contributed by atoms with van der Waals surface area (Å²) in [5.41, 5.74) is 3.81. The van der Waals surface area contributed by atoms with E-state index in [4.69, 9.17) is 11.6 Å². The van der Waals surface area contributed by atoms with E-state index in [9.17, 15) is 0 Å². The summed E-state index contributed by atoms with van der Waals surface area (Å²) >= 11 is 7.96. The van der Waals surface area contributed by atoms with Gasteiger partial charge in [0.25, 0.3) is 0 Å². The Balaban J connectivity index is 1.76. The third-order valence-electron chi connectivity index (χ3n) is 4.17. The SMILES string of the molecule is Cc1ccc(NSc2ccc3c(c2)=CCCC=3Cl)cc1CN(C)C. The van der Waals surface area contributed by atoms with Crippen LogP contribution in [-0.2, 0) is 6.54 Å². The Kier molecular flexibility index (Phi) is 5.54. The predicted molar refractivity (Wildman–Crippen MR) is 107 cm³/mol. The van der Waals surface area contributed by atoms with Crippen molar-refractivity contribution in [2.75, 3.05) is 18.8 Å². The van der Waals surface area contributed by atoms with Gasteiger partial charge in [-0.3, -0.25) is 0 Å². The molecule has 4 heteroatoms. The van der Waals surface area contributed by atoms with Crippen LogP contribution in [0.2, 0.25) is 0 Å². The minimum atomic E-state index is 0.953.